The van der Waals surface area contributed by atoms with E-state index in [4.69, 9.17) is 15.2 Å². The highest BCUT2D eigenvalue weighted by Crippen LogP contribution is 2.52. The Kier molecular flexibility index (Phi) is 5.04. The molecule has 116 valence electrons. The SMILES string of the molecule is COC(=O)CC1(CSc2cc(N)cc(OC(C)C)c2)CC1. The molecule has 0 radical (unpaired) electrons. The van der Waals surface area contributed by atoms with E-state index >= 15 is 0 Å². The first-order chi connectivity index (χ1) is 9.92. The predicted molar refractivity (Wildman–Crippen MR) is 85.6 cm³/mol. The molecule has 0 bridgehead atoms. The summed E-state index contributed by atoms with van der Waals surface area (Å²) in [7, 11) is 1.44. The standard InChI is InChI=1S/C16H23NO3S/c1-11(2)20-13-6-12(17)7-14(8-13)21-10-16(4-5-16)9-15(18)19-3/h6-8,11H,4-5,9-10,17H2,1-3H3. The Balaban J connectivity index is 1.97. The second-order valence-corrected chi connectivity index (χ2v) is 6.99. The van der Waals surface area contributed by atoms with Crippen molar-refractivity contribution in [1.82, 2.24) is 0 Å². The van der Waals surface area contributed by atoms with E-state index in [1.807, 2.05) is 32.0 Å². The van der Waals surface area contributed by atoms with E-state index in [1.165, 1.54) is 7.11 Å². The number of carbonyl (C=O) groups is 1. The lowest BCUT2D eigenvalue weighted by Crippen LogP contribution is -2.13. The zero-order chi connectivity index (χ0) is 15.5. The van der Waals surface area contributed by atoms with Gasteiger partial charge < -0.3 is 15.2 Å². The van der Waals surface area contributed by atoms with Gasteiger partial charge in [0.25, 0.3) is 0 Å². The smallest absolute Gasteiger partial charge is 0.306 e. The van der Waals surface area contributed by atoms with Crippen molar-refractivity contribution in [2.45, 2.75) is 44.1 Å². The molecule has 2 N–H and O–H groups in total. The molecule has 1 aliphatic carbocycles. The number of methoxy groups -OCH3 is 1. The van der Waals surface area contributed by atoms with Crippen molar-refractivity contribution in [2.75, 3.05) is 18.6 Å². The van der Waals surface area contributed by atoms with Crippen LogP contribution in [0.4, 0.5) is 5.69 Å². The van der Waals surface area contributed by atoms with Gasteiger partial charge in [0.2, 0.25) is 0 Å². The van der Waals surface area contributed by atoms with E-state index in [9.17, 15) is 4.79 Å². The van der Waals surface area contributed by atoms with Gasteiger partial charge in [-0.1, -0.05) is 0 Å². The van der Waals surface area contributed by atoms with Crippen LogP contribution in [0.25, 0.3) is 0 Å². The van der Waals surface area contributed by atoms with Crippen LogP contribution in [-0.2, 0) is 9.53 Å². The lowest BCUT2D eigenvalue weighted by atomic mass is 10.1. The summed E-state index contributed by atoms with van der Waals surface area (Å²) in [5.41, 5.74) is 6.74. The van der Waals surface area contributed by atoms with Gasteiger partial charge in [0, 0.05) is 22.4 Å². The molecule has 0 saturated heterocycles. The van der Waals surface area contributed by atoms with Crippen LogP contribution in [0.15, 0.2) is 23.1 Å². The van der Waals surface area contributed by atoms with Crippen LogP contribution in [0.3, 0.4) is 0 Å². The molecule has 0 unspecified atom stereocenters. The zero-order valence-corrected chi connectivity index (χ0v) is 13.7. The van der Waals surface area contributed by atoms with Crippen molar-refractivity contribution in [3.8, 4) is 5.75 Å². The lowest BCUT2D eigenvalue weighted by molar-refractivity contribution is -0.141. The molecule has 0 amide bonds. The number of hydrogen-bond acceptors (Lipinski definition) is 5. The number of nitrogens with two attached hydrogens (primary N) is 1. The first kappa shape index (κ1) is 16.0. The van der Waals surface area contributed by atoms with Crippen molar-refractivity contribution in [3.63, 3.8) is 0 Å². The van der Waals surface area contributed by atoms with Crippen LogP contribution in [0.2, 0.25) is 0 Å². The van der Waals surface area contributed by atoms with Gasteiger partial charge in [-0.2, -0.15) is 0 Å². The van der Waals surface area contributed by atoms with Gasteiger partial charge in [-0.25, -0.2) is 0 Å². The van der Waals surface area contributed by atoms with E-state index in [0.29, 0.717) is 12.1 Å². The molecule has 1 aromatic rings. The Hall–Kier alpha value is -1.36. The number of hydrogen-bond donors (Lipinski definition) is 1. The minimum Gasteiger partial charge on any atom is -0.491 e. The van der Waals surface area contributed by atoms with E-state index in [1.54, 1.807) is 11.8 Å². The molecule has 4 nitrogen and oxygen atoms in total. The fourth-order valence-corrected chi connectivity index (χ4v) is 3.46. The van der Waals surface area contributed by atoms with E-state index < -0.39 is 0 Å². The molecule has 0 aliphatic heterocycles. The Morgan fingerprint density at radius 1 is 1.38 bits per heavy atom. The highest BCUT2D eigenvalue weighted by molar-refractivity contribution is 7.99. The summed E-state index contributed by atoms with van der Waals surface area (Å²) in [6.45, 7) is 3.98. The molecule has 0 heterocycles. The van der Waals surface area contributed by atoms with Crippen LogP contribution in [-0.4, -0.2) is 24.9 Å². The topological polar surface area (TPSA) is 61.5 Å². The minimum atomic E-state index is -0.121. The van der Waals surface area contributed by atoms with Gasteiger partial charge in [0.1, 0.15) is 5.75 Å². The Morgan fingerprint density at radius 2 is 2.10 bits per heavy atom. The van der Waals surface area contributed by atoms with Crippen molar-refractivity contribution in [3.05, 3.63) is 18.2 Å². The molecule has 1 aliphatic rings. The van der Waals surface area contributed by atoms with Gasteiger partial charge >= 0.3 is 5.97 Å². The summed E-state index contributed by atoms with van der Waals surface area (Å²) in [5, 5.41) is 0. The Labute approximate surface area is 130 Å². The molecule has 2 rings (SSSR count). The summed E-state index contributed by atoms with van der Waals surface area (Å²) in [4.78, 5) is 12.5. The number of rotatable bonds is 7. The fraction of sp³-hybridized carbons (Fsp3) is 0.562. The van der Waals surface area contributed by atoms with Crippen LogP contribution in [0.1, 0.15) is 33.1 Å². The van der Waals surface area contributed by atoms with Crippen molar-refractivity contribution in [1.29, 1.82) is 0 Å². The summed E-state index contributed by atoms with van der Waals surface area (Å²) < 4.78 is 10.5. The number of esters is 1. The largest absolute Gasteiger partial charge is 0.491 e. The van der Waals surface area contributed by atoms with Crippen molar-refractivity contribution >= 4 is 23.4 Å². The summed E-state index contributed by atoms with van der Waals surface area (Å²) in [6.07, 6.45) is 2.81. The number of benzene rings is 1. The van der Waals surface area contributed by atoms with Crippen LogP contribution in [0, 0.1) is 5.41 Å². The van der Waals surface area contributed by atoms with Gasteiger partial charge in [-0.15, -0.1) is 11.8 Å². The van der Waals surface area contributed by atoms with Crippen LogP contribution < -0.4 is 10.5 Å². The van der Waals surface area contributed by atoms with Crippen LogP contribution in [0.5, 0.6) is 5.75 Å². The third-order valence-corrected chi connectivity index (χ3v) is 4.85. The summed E-state index contributed by atoms with van der Waals surface area (Å²) in [5.74, 6) is 1.59. The molecule has 0 spiro atoms. The minimum absolute atomic E-state index is 0.113. The van der Waals surface area contributed by atoms with E-state index in [2.05, 4.69) is 0 Å². The molecule has 1 aromatic carbocycles. The molecule has 1 fully saturated rings. The second kappa shape index (κ2) is 6.60. The van der Waals surface area contributed by atoms with Crippen LogP contribution >= 0.6 is 11.8 Å². The number of ether oxygens (including phenoxy) is 2. The van der Waals surface area contributed by atoms with E-state index in [-0.39, 0.29) is 17.5 Å². The number of carbonyl (C=O) groups excluding carboxylic acids is 1. The monoisotopic (exact) mass is 309 g/mol. The quantitative estimate of drug-likeness (QED) is 0.474. The third kappa shape index (κ3) is 4.84. The molecular formula is C16H23NO3S. The number of nitrogen functional groups attached to an aromatic ring is 1. The molecule has 21 heavy (non-hydrogen) atoms. The average molecular weight is 309 g/mol. The van der Waals surface area contributed by atoms with Crippen molar-refractivity contribution in [2.24, 2.45) is 5.41 Å². The normalized spacial score (nSPS) is 15.8. The lowest BCUT2D eigenvalue weighted by Gasteiger charge is -2.15. The fourth-order valence-electron chi connectivity index (χ4n) is 2.18. The third-order valence-electron chi connectivity index (χ3n) is 3.52. The average Bonchev–Trinajstić information content (AvgIpc) is 3.15. The van der Waals surface area contributed by atoms with Gasteiger partial charge in [0.15, 0.2) is 0 Å². The van der Waals surface area contributed by atoms with Gasteiger partial charge in [-0.05, 0) is 44.2 Å². The summed E-state index contributed by atoms with van der Waals surface area (Å²) >= 11 is 1.73. The molecule has 1 saturated carbocycles. The predicted octanol–water partition coefficient (Wildman–Crippen LogP) is 3.49. The second-order valence-electron chi connectivity index (χ2n) is 5.95. The van der Waals surface area contributed by atoms with Gasteiger partial charge in [0.05, 0.1) is 19.6 Å². The first-order valence-corrected chi connectivity index (χ1v) is 8.18. The first-order valence-electron chi connectivity index (χ1n) is 7.19. The molecule has 0 aromatic heterocycles. The molecule has 0 atom stereocenters. The van der Waals surface area contributed by atoms with Gasteiger partial charge in [-0.3, -0.25) is 4.79 Å². The zero-order valence-electron chi connectivity index (χ0n) is 12.8. The maximum Gasteiger partial charge on any atom is 0.306 e. The number of anilines is 1. The Bertz CT molecular complexity index is 512. The number of thioether (sulfide) groups is 1. The molecular weight excluding hydrogens is 286 g/mol. The highest BCUT2D eigenvalue weighted by Gasteiger charge is 2.44. The van der Waals surface area contributed by atoms with Crippen molar-refractivity contribution < 1.29 is 14.3 Å². The molecule has 5 heteroatoms. The highest BCUT2D eigenvalue weighted by atomic mass is 32.2. The van der Waals surface area contributed by atoms with E-state index in [0.717, 1.165) is 29.2 Å². The summed E-state index contributed by atoms with van der Waals surface area (Å²) in [6, 6.07) is 5.80. The maximum atomic E-state index is 11.4. The Morgan fingerprint density at radius 3 is 2.67 bits per heavy atom. The maximum absolute atomic E-state index is 11.4.